The molecule has 0 saturated carbocycles. The zero-order valence-electron chi connectivity index (χ0n) is 14.6. The van der Waals surface area contributed by atoms with Crippen molar-refractivity contribution in [1.82, 2.24) is 16.0 Å². The van der Waals surface area contributed by atoms with Crippen molar-refractivity contribution in [1.29, 1.82) is 0 Å². The Morgan fingerprint density at radius 2 is 2.08 bits per heavy atom. The Labute approximate surface area is 160 Å². The monoisotopic (exact) mass is 385 g/mol. The van der Waals surface area contributed by atoms with Gasteiger partial charge in [0.05, 0.1) is 0 Å². The fraction of sp³-hybridized carbons (Fsp3) is 0.556. The number of nitrogens with one attached hydrogen (secondary N) is 3. The van der Waals surface area contributed by atoms with E-state index in [0.717, 1.165) is 25.3 Å². The molecule has 2 unspecified atom stereocenters. The second-order valence-corrected chi connectivity index (χ2v) is 7.10. The van der Waals surface area contributed by atoms with Crippen LogP contribution in [0.5, 0.6) is 0 Å². The highest BCUT2D eigenvalue weighted by Gasteiger charge is 2.21. The summed E-state index contributed by atoms with van der Waals surface area (Å²) in [5.74, 6) is 1.20. The fourth-order valence-electron chi connectivity index (χ4n) is 2.82. The van der Waals surface area contributed by atoms with E-state index in [4.69, 9.17) is 0 Å². The lowest BCUT2D eigenvalue weighted by atomic mass is 10.1. The van der Waals surface area contributed by atoms with E-state index in [9.17, 15) is 9.59 Å². The number of thioether (sulfide) groups is 1. The summed E-state index contributed by atoms with van der Waals surface area (Å²) in [4.78, 5) is 24.7. The number of carbonyl (C=O) groups is 2. The van der Waals surface area contributed by atoms with Crippen molar-refractivity contribution in [3.63, 3.8) is 0 Å². The summed E-state index contributed by atoms with van der Waals surface area (Å²) >= 11 is 1.67. The van der Waals surface area contributed by atoms with Gasteiger partial charge in [-0.3, -0.25) is 9.59 Å². The molecule has 0 radical (unpaired) electrons. The highest BCUT2D eigenvalue weighted by Crippen LogP contribution is 2.11. The Kier molecular flexibility index (Phi) is 10.6. The summed E-state index contributed by atoms with van der Waals surface area (Å²) < 4.78 is 0. The molecule has 1 heterocycles. The lowest BCUT2D eigenvalue weighted by molar-refractivity contribution is -0.123. The first-order valence-corrected chi connectivity index (χ1v) is 9.93. The van der Waals surface area contributed by atoms with Crippen LogP contribution in [-0.4, -0.2) is 49.5 Å². The molecule has 0 aromatic heterocycles. The van der Waals surface area contributed by atoms with Crippen molar-refractivity contribution >= 4 is 36.0 Å². The van der Waals surface area contributed by atoms with Gasteiger partial charge in [0.2, 0.25) is 5.91 Å². The van der Waals surface area contributed by atoms with Gasteiger partial charge in [-0.1, -0.05) is 18.2 Å². The van der Waals surface area contributed by atoms with E-state index in [1.165, 1.54) is 6.42 Å². The molecule has 1 saturated heterocycles. The van der Waals surface area contributed by atoms with Crippen LogP contribution in [-0.2, 0) is 4.79 Å². The minimum atomic E-state index is -0.480. The van der Waals surface area contributed by atoms with E-state index in [-0.39, 0.29) is 24.2 Å². The first-order valence-electron chi connectivity index (χ1n) is 8.54. The van der Waals surface area contributed by atoms with E-state index in [1.54, 1.807) is 23.9 Å². The topological polar surface area (TPSA) is 70.2 Å². The van der Waals surface area contributed by atoms with Gasteiger partial charge in [-0.15, -0.1) is 12.4 Å². The summed E-state index contributed by atoms with van der Waals surface area (Å²) in [6.45, 7) is 2.78. The van der Waals surface area contributed by atoms with E-state index in [1.807, 2.05) is 24.5 Å². The van der Waals surface area contributed by atoms with Crippen LogP contribution in [0, 0.1) is 5.92 Å². The molecule has 0 spiro atoms. The standard InChI is InChI=1S/C18H27N3O2S.ClH/c1-24-12-9-16(21-17(22)15-5-3-2-4-6-15)18(23)20-11-8-14-7-10-19-13-14;/h2-6,14,16,19H,7-13H2,1H3,(H,20,23)(H,21,22);1H. The normalized spacial score (nSPS) is 17.4. The predicted molar refractivity (Wildman–Crippen MR) is 107 cm³/mol. The predicted octanol–water partition coefficient (Wildman–Crippen LogP) is 2.08. The SMILES string of the molecule is CSCCC(NC(=O)c1ccccc1)C(=O)NCCC1CCNC1.Cl. The summed E-state index contributed by atoms with van der Waals surface area (Å²) in [5, 5.41) is 9.19. The zero-order valence-corrected chi connectivity index (χ0v) is 16.3. The third-order valence-electron chi connectivity index (χ3n) is 4.28. The van der Waals surface area contributed by atoms with E-state index in [2.05, 4.69) is 16.0 Å². The van der Waals surface area contributed by atoms with Crippen molar-refractivity contribution in [2.24, 2.45) is 5.92 Å². The molecule has 25 heavy (non-hydrogen) atoms. The van der Waals surface area contributed by atoms with Crippen molar-refractivity contribution in [2.75, 3.05) is 31.6 Å². The Morgan fingerprint density at radius 3 is 2.72 bits per heavy atom. The van der Waals surface area contributed by atoms with Gasteiger partial charge >= 0.3 is 0 Å². The maximum Gasteiger partial charge on any atom is 0.251 e. The van der Waals surface area contributed by atoms with Crippen LogP contribution in [0.1, 0.15) is 29.6 Å². The Bertz CT molecular complexity index is 524. The van der Waals surface area contributed by atoms with Crippen LogP contribution in [0.15, 0.2) is 30.3 Å². The van der Waals surface area contributed by atoms with E-state index >= 15 is 0 Å². The number of halogens is 1. The molecule has 1 fully saturated rings. The summed E-state index contributed by atoms with van der Waals surface area (Å²) in [5.41, 5.74) is 0.580. The van der Waals surface area contributed by atoms with Crippen LogP contribution in [0.25, 0.3) is 0 Å². The van der Waals surface area contributed by atoms with Gasteiger partial charge in [0.1, 0.15) is 6.04 Å². The molecule has 2 amide bonds. The lowest BCUT2D eigenvalue weighted by Crippen LogP contribution is -2.47. The van der Waals surface area contributed by atoms with Crippen LogP contribution in [0.2, 0.25) is 0 Å². The summed E-state index contributed by atoms with van der Waals surface area (Å²) in [6, 6.07) is 8.54. The molecule has 5 nitrogen and oxygen atoms in total. The maximum atomic E-state index is 12.4. The summed E-state index contributed by atoms with van der Waals surface area (Å²) in [6.07, 6.45) is 4.80. The molecule has 0 aliphatic carbocycles. The molecule has 0 bridgehead atoms. The minimum Gasteiger partial charge on any atom is -0.354 e. The van der Waals surface area contributed by atoms with Gasteiger partial charge in [-0.05, 0) is 62.4 Å². The molecule has 2 rings (SSSR count). The molecule has 1 aromatic carbocycles. The molecular weight excluding hydrogens is 358 g/mol. The van der Waals surface area contributed by atoms with Crippen LogP contribution >= 0.6 is 24.2 Å². The van der Waals surface area contributed by atoms with Gasteiger partial charge in [-0.25, -0.2) is 0 Å². The first kappa shape index (κ1) is 21.8. The van der Waals surface area contributed by atoms with Gasteiger partial charge < -0.3 is 16.0 Å². The van der Waals surface area contributed by atoms with Crippen LogP contribution in [0.4, 0.5) is 0 Å². The van der Waals surface area contributed by atoms with E-state index in [0.29, 0.717) is 24.4 Å². The molecule has 3 N–H and O–H groups in total. The number of hydrogen-bond donors (Lipinski definition) is 3. The largest absolute Gasteiger partial charge is 0.354 e. The highest BCUT2D eigenvalue weighted by atomic mass is 35.5. The van der Waals surface area contributed by atoms with Gasteiger partial charge in [0.25, 0.3) is 5.91 Å². The molecule has 7 heteroatoms. The van der Waals surface area contributed by atoms with E-state index < -0.39 is 6.04 Å². The first-order chi connectivity index (χ1) is 11.7. The summed E-state index contributed by atoms with van der Waals surface area (Å²) in [7, 11) is 0. The highest BCUT2D eigenvalue weighted by molar-refractivity contribution is 7.98. The third kappa shape index (κ3) is 7.67. The number of hydrogen-bond acceptors (Lipinski definition) is 4. The number of rotatable bonds is 9. The fourth-order valence-corrected chi connectivity index (χ4v) is 3.29. The van der Waals surface area contributed by atoms with Crippen molar-refractivity contribution in [3.05, 3.63) is 35.9 Å². The Balaban J connectivity index is 0.00000312. The van der Waals surface area contributed by atoms with Crippen molar-refractivity contribution < 1.29 is 9.59 Å². The Hall–Kier alpha value is -1.24. The minimum absolute atomic E-state index is 0. The van der Waals surface area contributed by atoms with Crippen molar-refractivity contribution in [2.45, 2.75) is 25.3 Å². The molecule has 1 aliphatic heterocycles. The van der Waals surface area contributed by atoms with Crippen LogP contribution in [0.3, 0.4) is 0 Å². The second kappa shape index (κ2) is 12.2. The average molecular weight is 386 g/mol. The number of benzene rings is 1. The molecule has 1 aliphatic rings. The molecule has 2 atom stereocenters. The quantitative estimate of drug-likeness (QED) is 0.608. The maximum absolute atomic E-state index is 12.4. The number of amides is 2. The van der Waals surface area contributed by atoms with Gasteiger partial charge in [0.15, 0.2) is 0 Å². The lowest BCUT2D eigenvalue weighted by Gasteiger charge is -2.19. The molecular formula is C18H28ClN3O2S. The van der Waals surface area contributed by atoms with Gasteiger partial charge in [0, 0.05) is 12.1 Å². The second-order valence-electron chi connectivity index (χ2n) is 6.11. The third-order valence-corrected chi connectivity index (χ3v) is 4.93. The molecule has 140 valence electrons. The molecule has 1 aromatic rings. The zero-order chi connectivity index (χ0) is 17.2. The Morgan fingerprint density at radius 1 is 1.32 bits per heavy atom. The average Bonchev–Trinajstić information content (AvgIpc) is 3.12. The smallest absolute Gasteiger partial charge is 0.251 e. The van der Waals surface area contributed by atoms with Gasteiger partial charge in [-0.2, -0.15) is 11.8 Å². The van der Waals surface area contributed by atoms with Crippen molar-refractivity contribution in [3.8, 4) is 0 Å². The number of carbonyl (C=O) groups excluding carboxylic acids is 2. The van der Waals surface area contributed by atoms with Crippen LogP contribution < -0.4 is 16.0 Å².